The summed E-state index contributed by atoms with van der Waals surface area (Å²) in [5.41, 5.74) is -3.20. The number of aliphatic hydroxyl groups excluding tert-OH is 1. The fourth-order valence-electron chi connectivity index (χ4n) is 6.32. The molecule has 2 aliphatic heterocycles. The Morgan fingerprint density at radius 1 is 0.673 bits per heavy atom. The molecule has 290 valence electrons. The van der Waals surface area contributed by atoms with E-state index >= 15 is 0 Å². The number of nitrogens with zero attached hydrogens (tertiary/aromatic N) is 2. The second kappa shape index (κ2) is 17.6. The van der Waals surface area contributed by atoms with E-state index in [0.717, 1.165) is 0 Å². The number of ether oxygens (including phenoxy) is 1. The Labute approximate surface area is 320 Å². The number of carbonyl (C=O) groups excluding carboxylic acids is 1. The van der Waals surface area contributed by atoms with Crippen LogP contribution in [0.15, 0.2) is 0 Å². The molecular formula is C41H80N2O6. The van der Waals surface area contributed by atoms with E-state index in [4.69, 9.17) is 20.8 Å². The maximum atomic E-state index is 12.5. The van der Waals surface area contributed by atoms with Crippen LogP contribution in [0.2, 0.25) is 0 Å². The first-order valence-electron chi connectivity index (χ1n) is 15.8. The largest absolute Gasteiger partial charge is 0.453 e. The van der Waals surface area contributed by atoms with Gasteiger partial charge in [0.05, 0.1) is 19.3 Å². The minimum Gasteiger partial charge on any atom is -0.453 e. The van der Waals surface area contributed by atoms with Crippen LogP contribution in [0.4, 0.5) is 0 Å². The number of hydroxylamine groups is 4. The van der Waals surface area contributed by atoms with E-state index in [0.29, 0.717) is 25.7 Å². The minimum atomic E-state index is -1.30. The maximum absolute atomic E-state index is 12.5. The van der Waals surface area contributed by atoms with Gasteiger partial charge in [-0.25, -0.2) is 4.79 Å². The van der Waals surface area contributed by atoms with Gasteiger partial charge in [0.15, 0.2) is 0 Å². The highest BCUT2D eigenvalue weighted by atomic mass is 16.7. The van der Waals surface area contributed by atoms with E-state index in [1.54, 1.807) is 6.92 Å². The van der Waals surface area contributed by atoms with E-state index in [1.165, 1.54) is 0 Å². The number of hydrogen-bond acceptors (Lipinski definition) is 8. The Balaban J connectivity index is -0.0000000926. The first-order valence-corrected chi connectivity index (χ1v) is 15.8. The van der Waals surface area contributed by atoms with Crippen molar-refractivity contribution in [2.45, 2.75) is 128 Å². The first-order chi connectivity index (χ1) is 22.8. The topological polar surface area (TPSA) is 91.7 Å². The number of aliphatic hydroxyl groups is 2. The molecule has 0 spiro atoms. The molecule has 2 fully saturated rings. The van der Waals surface area contributed by atoms with E-state index in [1.807, 2.05) is 65.5 Å². The molecule has 0 radical (unpaired) electrons. The van der Waals surface area contributed by atoms with Crippen molar-refractivity contribution >= 4 is 5.97 Å². The lowest BCUT2D eigenvalue weighted by atomic mass is 9.80. The van der Waals surface area contributed by atoms with Crippen LogP contribution in [0.25, 0.3) is 0 Å². The van der Waals surface area contributed by atoms with Crippen molar-refractivity contribution < 1.29 is 55.1 Å². The number of esters is 1. The Hall–Kier alpha value is -4.73. The monoisotopic (exact) mass is 697 g/mol. The molecule has 0 saturated carbocycles. The number of hydrogen-bond donors (Lipinski definition) is 2. The van der Waals surface area contributed by atoms with Crippen LogP contribution >= 0.6 is 0 Å². The van der Waals surface area contributed by atoms with Gasteiger partial charge in [0, 0.05) is 66.6 Å². The number of terminal acetylenes is 1. The number of rotatable bonds is 7. The molecule has 1 atom stereocenters. The third-order valence-corrected chi connectivity index (χ3v) is 7.52. The average Bonchev–Trinajstić information content (AvgIpc) is 2.94. The maximum Gasteiger partial charge on any atom is 0.385 e. The summed E-state index contributed by atoms with van der Waals surface area (Å²) in [6.45, 7) is 17.7. The third kappa shape index (κ3) is 13.7. The molecule has 0 bridgehead atoms. The van der Waals surface area contributed by atoms with Crippen LogP contribution < -0.4 is 0 Å². The number of piperidine rings is 2. The van der Waals surface area contributed by atoms with E-state index < -0.39 is 45.9 Å². The smallest absolute Gasteiger partial charge is 0.385 e. The summed E-state index contributed by atoms with van der Waals surface area (Å²) >= 11 is 0. The van der Waals surface area contributed by atoms with Gasteiger partial charge >= 0.3 is 5.97 Å². The van der Waals surface area contributed by atoms with Gasteiger partial charge in [-0.1, -0.05) is 0 Å². The van der Waals surface area contributed by atoms with Crippen molar-refractivity contribution in [1.29, 1.82) is 0 Å². The highest BCUT2D eigenvalue weighted by Gasteiger charge is 2.49. The highest BCUT2D eigenvalue weighted by molar-refractivity contribution is 5.89. The van der Waals surface area contributed by atoms with Crippen LogP contribution in [0, 0.1) is 107 Å². The molecule has 0 aromatic heterocycles. The Kier molecular flexibility index (Phi) is 14.5. The van der Waals surface area contributed by atoms with Gasteiger partial charge in [0.1, 0.15) is 11.7 Å². The zero-order valence-corrected chi connectivity index (χ0v) is 29.9. The predicted octanol–water partition coefficient (Wildman–Crippen LogP) is 7.27. The van der Waals surface area contributed by atoms with Gasteiger partial charge in [-0.05, 0) is 170 Å². The molecule has 0 aromatic rings. The van der Waals surface area contributed by atoms with E-state index in [9.17, 15) is 15.0 Å². The molecule has 0 amide bonds. The Bertz CT molecular complexity index is 1820. The SMILES string of the molecule is C#CC#CC#CC#CC#CC#CC#CC#CC#CC(=O)OC1CC(C)(C)N(OCC(C)(O)CON2C(C)(C)CC(O)CC2(C)C)C(C)(C)C1.[HH].[HH].[HH].[HH].[HH].[HH].[HH].[HH].[HH].[HH].[HH].[HH].[HH].[HH].[HH].[HH].[HH].[HH]. The molecule has 0 aromatic carbocycles. The molecule has 2 rings (SSSR count). The van der Waals surface area contributed by atoms with Gasteiger partial charge in [0.25, 0.3) is 0 Å². The third-order valence-electron chi connectivity index (χ3n) is 7.52. The molecule has 0 aliphatic carbocycles. The van der Waals surface area contributed by atoms with Crippen LogP contribution in [-0.4, -0.2) is 79.5 Å². The van der Waals surface area contributed by atoms with Gasteiger partial charge < -0.3 is 14.9 Å². The van der Waals surface area contributed by atoms with Crippen molar-refractivity contribution in [2.24, 2.45) is 0 Å². The van der Waals surface area contributed by atoms with Crippen molar-refractivity contribution in [1.82, 2.24) is 10.1 Å². The normalized spacial score (nSPS) is 19.8. The molecule has 49 heavy (non-hydrogen) atoms. The van der Waals surface area contributed by atoms with Crippen LogP contribution in [0.3, 0.4) is 0 Å². The standard InChI is InChI=1S/C41H44N2O6.18H2/c1-11-12-13-14-15-16-17-18-19-20-21-22-23-24-25-26-27-36(45)49-35-30-39(6,7)43(40(8,9)31-35)48-33-41(10,46)32-47-42-37(2,3)28-34(44)29-38(42,4)5;;;;;;;;;;;;;;;;;;/h1,34-35,44,46H,28-33H2,2-10H3;18*1H. The van der Waals surface area contributed by atoms with Crippen molar-refractivity contribution in [3.63, 3.8) is 0 Å². The van der Waals surface area contributed by atoms with Gasteiger partial charge in [0.2, 0.25) is 0 Å². The van der Waals surface area contributed by atoms with Crippen LogP contribution in [0.1, 0.15) is 114 Å². The molecular weight excluding hydrogens is 616 g/mol. The Morgan fingerprint density at radius 3 is 1.37 bits per heavy atom. The summed E-state index contributed by atoms with van der Waals surface area (Å²) in [5, 5.41) is 25.3. The van der Waals surface area contributed by atoms with Crippen molar-refractivity contribution in [2.75, 3.05) is 13.2 Å². The molecule has 1 unspecified atom stereocenters. The molecule has 8 nitrogen and oxygen atoms in total. The Morgan fingerprint density at radius 2 is 1.00 bits per heavy atom. The van der Waals surface area contributed by atoms with Crippen LogP contribution in [-0.2, 0) is 19.2 Å². The zero-order chi connectivity index (χ0) is 36.8. The quantitative estimate of drug-likeness (QED) is 0.163. The fraction of sp³-hybridized carbons (Fsp3) is 0.537. The first kappa shape index (κ1) is 40.4. The summed E-state index contributed by atoms with van der Waals surface area (Å²) in [6.07, 6.45) is 6.26. The second-order valence-electron chi connectivity index (χ2n) is 14.5. The fourth-order valence-corrected chi connectivity index (χ4v) is 6.32. The lowest BCUT2D eigenvalue weighted by molar-refractivity contribution is -0.333. The molecule has 2 N–H and O–H groups in total. The summed E-state index contributed by atoms with van der Waals surface area (Å²) in [7, 11) is 0. The van der Waals surface area contributed by atoms with Crippen LogP contribution in [0.5, 0.6) is 0 Å². The zero-order valence-electron chi connectivity index (χ0n) is 29.9. The lowest BCUT2D eigenvalue weighted by Crippen LogP contribution is -2.63. The predicted molar refractivity (Wildman–Crippen MR) is 226 cm³/mol. The summed E-state index contributed by atoms with van der Waals surface area (Å²) in [6, 6.07) is 0. The van der Waals surface area contributed by atoms with E-state index in [2.05, 4.69) is 101 Å². The molecule has 2 heterocycles. The molecule has 2 saturated heterocycles. The lowest BCUT2D eigenvalue weighted by Gasteiger charge is -2.54. The van der Waals surface area contributed by atoms with Crippen molar-refractivity contribution in [3.05, 3.63) is 0 Å². The highest BCUT2D eigenvalue weighted by Crippen LogP contribution is 2.41. The van der Waals surface area contributed by atoms with Crippen molar-refractivity contribution in [3.8, 4) is 107 Å². The van der Waals surface area contributed by atoms with Gasteiger partial charge in [-0.15, -0.1) is 6.42 Å². The van der Waals surface area contributed by atoms with E-state index in [-0.39, 0.29) is 38.9 Å². The van der Waals surface area contributed by atoms with Gasteiger partial charge in [-0.2, -0.15) is 10.1 Å². The minimum absolute atomic E-state index is 0. The molecule has 2 aliphatic rings. The van der Waals surface area contributed by atoms with Gasteiger partial charge in [-0.3, -0.25) is 9.68 Å². The summed E-state index contributed by atoms with van der Waals surface area (Å²) in [4.78, 5) is 24.9. The summed E-state index contributed by atoms with van der Waals surface area (Å²) < 4.78 is 5.67. The second-order valence-corrected chi connectivity index (χ2v) is 14.5. The summed E-state index contributed by atoms with van der Waals surface area (Å²) in [5.74, 6) is 40.9. The number of carbonyl (C=O) groups is 1. The molecule has 8 heteroatoms. The average molecular weight is 697 g/mol.